The Labute approximate surface area is 118 Å². The average Bonchev–Trinajstić information content (AvgIpc) is 2.51. The van der Waals surface area contributed by atoms with E-state index in [1.54, 1.807) is 0 Å². The zero-order valence-corrected chi connectivity index (χ0v) is 13.4. The van der Waals surface area contributed by atoms with E-state index >= 15 is 0 Å². The monoisotopic (exact) mass is 259 g/mol. The first-order valence-electron chi connectivity index (χ1n) is 7.55. The van der Waals surface area contributed by atoms with Gasteiger partial charge in [-0.15, -0.1) is 0 Å². The summed E-state index contributed by atoms with van der Waals surface area (Å²) in [6.45, 7) is 14.0. The quantitative estimate of drug-likeness (QED) is 0.767. The highest BCUT2D eigenvalue weighted by atomic mass is 14.9. The van der Waals surface area contributed by atoms with E-state index in [1.807, 2.05) is 0 Å². The molecule has 0 heterocycles. The molecule has 1 aliphatic carbocycles. The molecule has 0 bridgehead atoms. The lowest BCUT2D eigenvalue weighted by molar-refractivity contribution is 0.366. The minimum absolute atomic E-state index is 0.195. The molecule has 1 nitrogen and oxygen atoms in total. The minimum Gasteiger partial charge on any atom is -0.382 e. The van der Waals surface area contributed by atoms with Crippen LogP contribution >= 0.6 is 0 Å². The maximum absolute atomic E-state index is 3.82. The third-order valence-corrected chi connectivity index (χ3v) is 4.41. The van der Waals surface area contributed by atoms with Crippen LogP contribution in [0.1, 0.15) is 59.9 Å². The van der Waals surface area contributed by atoms with Crippen molar-refractivity contribution in [2.24, 2.45) is 11.3 Å². The largest absolute Gasteiger partial charge is 0.382 e. The van der Waals surface area contributed by atoms with Gasteiger partial charge in [0, 0.05) is 11.7 Å². The maximum Gasteiger partial charge on any atom is 0.0380 e. The molecule has 1 N–H and O–H groups in total. The fourth-order valence-corrected chi connectivity index (χ4v) is 3.55. The second-order valence-corrected chi connectivity index (χ2v) is 8.10. The summed E-state index contributed by atoms with van der Waals surface area (Å²) in [4.78, 5) is 0. The first-order valence-corrected chi connectivity index (χ1v) is 7.55. The maximum atomic E-state index is 3.82. The van der Waals surface area contributed by atoms with Crippen molar-refractivity contribution in [2.45, 2.75) is 65.8 Å². The van der Waals surface area contributed by atoms with Crippen molar-refractivity contribution in [3.63, 3.8) is 0 Å². The predicted molar refractivity (Wildman–Crippen MR) is 84.7 cm³/mol. The van der Waals surface area contributed by atoms with Crippen LogP contribution in [0.4, 0.5) is 5.69 Å². The number of hydrogen-bond donors (Lipinski definition) is 1. The molecular weight excluding hydrogens is 230 g/mol. The van der Waals surface area contributed by atoms with Crippen molar-refractivity contribution in [3.8, 4) is 0 Å². The summed E-state index contributed by atoms with van der Waals surface area (Å²) in [6, 6.07) is 9.39. The fourth-order valence-electron chi connectivity index (χ4n) is 3.55. The minimum atomic E-state index is 0.195. The fraction of sp³-hybridized carbons (Fsp3) is 0.667. The molecule has 2 atom stereocenters. The van der Waals surface area contributed by atoms with Gasteiger partial charge in [-0.1, -0.05) is 59.7 Å². The predicted octanol–water partition coefficient (Wildman–Crippen LogP) is 5.22. The Bertz CT molecular complexity index is 439. The van der Waals surface area contributed by atoms with Crippen LogP contribution in [0.25, 0.3) is 0 Å². The molecule has 0 amide bonds. The van der Waals surface area contributed by atoms with Crippen molar-refractivity contribution in [1.29, 1.82) is 0 Å². The summed E-state index contributed by atoms with van der Waals surface area (Å²) < 4.78 is 0. The van der Waals surface area contributed by atoms with Gasteiger partial charge in [-0.2, -0.15) is 0 Å². The van der Waals surface area contributed by atoms with Gasteiger partial charge in [0.05, 0.1) is 0 Å². The Morgan fingerprint density at radius 2 is 1.74 bits per heavy atom. The van der Waals surface area contributed by atoms with Crippen LogP contribution in [0.2, 0.25) is 0 Å². The van der Waals surface area contributed by atoms with Crippen molar-refractivity contribution in [1.82, 2.24) is 0 Å². The van der Waals surface area contributed by atoms with Gasteiger partial charge in [-0.05, 0) is 41.2 Å². The molecule has 1 heteroatoms. The molecule has 2 rings (SSSR count). The first-order chi connectivity index (χ1) is 8.69. The van der Waals surface area contributed by atoms with Crippen LogP contribution in [0.3, 0.4) is 0 Å². The van der Waals surface area contributed by atoms with E-state index in [4.69, 9.17) is 0 Å². The molecule has 1 aromatic rings. The molecule has 2 unspecified atom stereocenters. The van der Waals surface area contributed by atoms with Crippen LogP contribution in [-0.4, -0.2) is 6.04 Å². The lowest BCUT2D eigenvalue weighted by Crippen LogP contribution is -2.25. The third kappa shape index (κ3) is 3.32. The van der Waals surface area contributed by atoms with Crippen molar-refractivity contribution >= 4 is 5.69 Å². The molecule has 19 heavy (non-hydrogen) atoms. The van der Waals surface area contributed by atoms with Gasteiger partial charge in [0.2, 0.25) is 0 Å². The van der Waals surface area contributed by atoms with E-state index in [-0.39, 0.29) is 5.41 Å². The van der Waals surface area contributed by atoms with Gasteiger partial charge in [-0.25, -0.2) is 0 Å². The van der Waals surface area contributed by atoms with Gasteiger partial charge in [0.15, 0.2) is 0 Å². The first kappa shape index (κ1) is 14.4. The number of benzene rings is 1. The number of hydrogen-bond acceptors (Lipinski definition) is 1. The van der Waals surface area contributed by atoms with Gasteiger partial charge < -0.3 is 5.32 Å². The van der Waals surface area contributed by atoms with E-state index < -0.39 is 0 Å². The summed E-state index contributed by atoms with van der Waals surface area (Å²) in [5.41, 5.74) is 3.42. The topological polar surface area (TPSA) is 12.0 Å². The van der Waals surface area contributed by atoms with Gasteiger partial charge in [0.25, 0.3) is 0 Å². The van der Waals surface area contributed by atoms with Crippen molar-refractivity contribution in [3.05, 3.63) is 29.8 Å². The molecule has 1 aliphatic rings. The highest BCUT2D eigenvalue weighted by Gasteiger charge is 2.37. The molecule has 1 fully saturated rings. The van der Waals surface area contributed by atoms with Gasteiger partial charge >= 0.3 is 0 Å². The standard InChI is InChI=1S/C18H29N/c1-13-11-18(5,6)12-16(13)19-15-10-8-7-9-14(15)17(2,3)4/h7-10,13,16,19H,11-12H2,1-6H3. The highest BCUT2D eigenvalue weighted by Crippen LogP contribution is 2.43. The zero-order valence-electron chi connectivity index (χ0n) is 13.4. The van der Waals surface area contributed by atoms with Crippen LogP contribution in [-0.2, 0) is 5.41 Å². The van der Waals surface area contributed by atoms with Crippen LogP contribution < -0.4 is 5.32 Å². The third-order valence-electron chi connectivity index (χ3n) is 4.41. The molecule has 0 spiro atoms. The summed E-state index contributed by atoms with van der Waals surface area (Å²) in [5, 5.41) is 3.82. The Morgan fingerprint density at radius 3 is 2.26 bits per heavy atom. The van der Waals surface area contributed by atoms with Gasteiger partial charge in [-0.3, -0.25) is 0 Å². The van der Waals surface area contributed by atoms with E-state index in [2.05, 4.69) is 71.1 Å². The van der Waals surface area contributed by atoms with E-state index in [0.29, 0.717) is 11.5 Å². The van der Waals surface area contributed by atoms with Crippen LogP contribution in [0, 0.1) is 11.3 Å². The summed E-state index contributed by atoms with van der Waals surface area (Å²) in [7, 11) is 0. The van der Waals surface area contributed by atoms with Crippen molar-refractivity contribution < 1.29 is 0 Å². The second kappa shape index (κ2) is 4.85. The summed E-state index contributed by atoms with van der Waals surface area (Å²) >= 11 is 0. The van der Waals surface area contributed by atoms with E-state index in [0.717, 1.165) is 5.92 Å². The smallest absolute Gasteiger partial charge is 0.0380 e. The molecule has 0 aliphatic heterocycles. The lowest BCUT2D eigenvalue weighted by atomic mass is 9.85. The van der Waals surface area contributed by atoms with Crippen molar-refractivity contribution in [2.75, 3.05) is 5.32 Å². The van der Waals surface area contributed by atoms with E-state index in [1.165, 1.54) is 24.1 Å². The number of nitrogens with one attached hydrogen (secondary N) is 1. The van der Waals surface area contributed by atoms with Crippen LogP contribution in [0.5, 0.6) is 0 Å². The molecule has 1 aromatic carbocycles. The Kier molecular flexibility index (Phi) is 3.68. The van der Waals surface area contributed by atoms with Crippen LogP contribution in [0.15, 0.2) is 24.3 Å². The van der Waals surface area contributed by atoms with E-state index in [9.17, 15) is 0 Å². The Hall–Kier alpha value is -0.980. The normalized spacial score (nSPS) is 26.4. The number of rotatable bonds is 2. The average molecular weight is 259 g/mol. The summed E-state index contributed by atoms with van der Waals surface area (Å²) in [6.07, 6.45) is 2.59. The lowest BCUT2D eigenvalue weighted by Gasteiger charge is -2.27. The highest BCUT2D eigenvalue weighted by molar-refractivity contribution is 5.55. The molecule has 0 aromatic heterocycles. The van der Waals surface area contributed by atoms with Gasteiger partial charge in [0.1, 0.15) is 0 Å². The Morgan fingerprint density at radius 1 is 1.11 bits per heavy atom. The Balaban J connectivity index is 2.21. The SMILES string of the molecule is CC1CC(C)(C)CC1Nc1ccccc1C(C)(C)C. The summed E-state index contributed by atoms with van der Waals surface area (Å²) in [5.74, 6) is 0.753. The zero-order chi connectivity index (χ0) is 14.3. The molecular formula is C18H29N. The molecule has 106 valence electrons. The number of anilines is 1. The molecule has 1 saturated carbocycles. The molecule has 0 radical (unpaired) electrons. The second-order valence-electron chi connectivity index (χ2n) is 8.10. The molecule has 0 saturated heterocycles. The number of para-hydroxylation sites is 1.